The summed E-state index contributed by atoms with van der Waals surface area (Å²) in [5.41, 5.74) is -0.514. The SMILES string of the molecule is CC(C)(C)C(=O)Nc1cccc(NS(=O)(=O)c2ccc(Cl)c([N+](=O)[O-])c2)c1. The molecule has 2 aromatic rings. The van der Waals surface area contributed by atoms with Crippen molar-refractivity contribution in [3.63, 3.8) is 0 Å². The number of nitro benzene ring substituents is 1. The van der Waals surface area contributed by atoms with Gasteiger partial charge in [0.25, 0.3) is 15.7 Å². The highest BCUT2D eigenvalue weighted by Gasteiger charge is 2.22. The summed E-state index contributed by atoms with van der Waals surface area (Å²) in [5, 5.41) is 13.5. The summed E-state index contributed by atoms with van der Waals surface area (Å²) in [6, 6.07) is 9.34. The van der Waals surface area contributed by atoms with Crippen LogP contribution in [0.4, 0.5) is 17.1 Å². The van der Waals surface area contributed by atoms with Crippen molar-refractivity contribution in [1.82, 2.24) is 0 Å². The van der Waals surface area contributed by atoms with Crippen LogP contribution in [0.3, 0.4) is 0 Å². The normalized spacial score (nSPS) is 11.7. The number of carbonyl (C=O) groups is 1. The lowest BCUT2D eigenvalue weighted by Crippen LogP contribution is -2.27. The molecule has 0 unspecified atom stereocenters. The maximum atomic E-state index is 12.5. The van der Waals surface area contributed by atoms with Gasteiger partial charge in [-0.25, -0.2) is 8.42 Å². The predicted octanol–water partition coefficient (Wildman–Crippen LogP) is 4.03. The maximum Gasteiger partial charge on any atom is 0.289 e. The molecule has 2 rings (SSSR count). The Morgan fingerprint density at radius 3 is 2.33 bits per heavy atom. The Bertz CT molecular complexity index is 1000. The smallest absolute Gasteiger partial charge is 0.289 e. The molecule has 0 saturated heterocycles. The zero-order valence-corrected chi connectivity index (χ0v) is 16.4. The molecule has 0 radical (unpaired) electrons. The number of carbonyl (C=O) groups excluding carboxylic acids is 1. The number of amides is 1. The summed E-state index contributed by atoms with van der Waals surface area (Å²) in [6.07, 6.45) is 0. The van der Waals surface area contributed by atoms with Crippen molar-refractivity contribution in [3.8, 4) is 0 Å². The highest BCUT2D eigenvalue weighted by Crippen LogP contribution is 2.28. The summed E-state index contributed by atoms with van der Waals surface area (Å²) < 4.78 is 27.4. The van der Waals surface area contributed by atoms with Crippen LogP contribution in [0.2, 0.25) is 5.02 Å². The Labute approximate surface area is 161 Å². The largest absolute Gasteiger partial charge is 0.326 e. The molecule has 0 aliphatic carbocycles. The van der Waals surface area contributed by atoms with Crippen LogP contribution in [0, 0.1) is 15.5 Å². The molecule has 0 spiro atoms. The molecular weight excluding hydrogens is 394 g/mol. The predicted molar refractivity (Wildman–Crippen MR) is 103 cm³/mol. The Morgan fingerprint density at radius 2 is 1.74 bits per heavy atom. The summed E-state index contributed by atoms with van der Waals surface area (Å²) >= 11 is 5.71. The number of nitrogens with zero attached hydrogens (tertiary/aromatic N) is 1. The van der Waals surface area contributed by atoms with Crippen LogP contribution in [-0.2, 0) is 14.8 Å². The van der Waals surface area contributed by atoms with E-state index < -0.39 is 26.0 Å². The van der Waals surface area contributed by atoms with E-state index in [1.54, 1.807) is 32.9 Å². The summed E-state index contributed by atoms with van der Waals surface area (Å²) in [4.78, 5) is 21.9. The van der Waals surface area contributed by atoms with Gasteiger partial charge in [0.15, 0.2) is 0 Å². The van der Waals surface area contributed by atoms with Gasteiger partial charge in [0.1, 0.15) is 5.02 Å². The van der Waals surface area contributed by atoms with E-state index in [0.29, 0.717) is 5.69 Å². The minimum atomic E-state index is -4.09. The van der Waals surface area contributed by atoms with Crippen LogP contribution in [0.1, 0.15) is 20.8 Å². The lowest BCUT2D eigenvalue weighted by molar-refractivity contribution is -0.384. The Kier molecular flexibility index (Phi) is 5.76. The van der Waals surface area contributed by atoms with Crippen molar-refractivity contribution < 1.29 is 18.1 Å². The van der Waals surface area contributed by atoms with E-state index in [1.807, 2.05) is 0 Å². The van der Waals surface area contributed by atoms with Crippen molar-refractivity contribution in [2.24, 2.45) is 5.41 Å². The average molecular weight is 412 g/mol. The summed E-state index contributed by atoms with van der Waals surface area (Å²) in [7, 11) is -4.09. The fourth-order valence-electron chi connectivity index (χ4n) is 1.99. The zero-order valence-electron chi connectivity index (χ0n) is 14.8. The molecule has 27 heavy (non-hydrogen) atoms. The highest BCUT2D eigenvalue weighted by molar-refractivity contribution is 7.92. The van der Waals surface area contributed by atoms with Gasteiger partial charge in [-0.3, -0.25) is 19.6 Å². The third-order valence-corrected chi connectivity index (χ3v) is 5.18. The van der Waals surface area contributed by atoms with Gasteiger partial charge in [-0.05, 0) is 30.3 Å². The standard InChI is InChI=1S/C17H18ClN3O5S/c1-17(2,3)16(22)19-11-5-4-6-12(9-11)20-27(25,26)13-7-8-14(18)15(10-13)21(23)24/h4-10,20H,1-3H3,(H,19,22). The van der Waals surface area contributed by atoms with Crippen LogP contribution >= 0.6 is 11.6 Å². The quantitative estimate of drug-likeness (QED) is 0.568. The molecule has 0 aliphatic heterocycles. The number of hydrogen-bond donors (Lipinski definition) is 2. The number of nitro groups is 1. The molecule has 10 heteroatoms. The van der Waals surface area contributed by atoms with Gasteiger partial charge >= 0.3 is 0 Å². The summed E-state index contributed by atoms with van der Waals surface area (Å²) in [5.74, 6) is -0.226. The van der Waals surface area contributed by atoms with Gasteiger partial charge in [-0.1, -0.05) is 38.4 Å². The average Bonchev–Trinajstić information content (AvgIpc) is 2.53. The van der Waals surface area contributed by atoms with Gasteiger partial charge in [0.2, 0.25) is 5.91 Å². The first-order valence-corrected chi connectivity index (χ1v) is 9.64. The molecule has 8 nitrogen and oxygen atoms in total. The molecule has 0 atom stereocenters. The number of nitrogens with one attached hydrogen (secondary N) is 2. The topological polar surface area (TPSA) is 118 Å². The lowest BCUT2D eigenvalue weighted by atomic mass is 9.95. The van der Waals surface area contributed by atoms with Crippen LogP contribution in [-0.4, -0.2) is 19.2 Å². The van der Waals surface area contributed by atoms with Crippen molar-refractivity contribution in [3.05, 3.63) is 57.6 Å². The lowest BCUT2D eigenvalue weighted by Gasteiger charge is -2.18. The molecule has 0 bridgehead atoms. The van der Waals surface area contributed by atoms with Crippen LogP contribution in [0.5, 0.6) is 0 Å². The van der Waals surface area contributed by atoms with E-state index in [0.717, 1.165) is 12.1 Å². The first kappa shape index (κ1) is 20.7. The van der Waals surface area contributed by atoms with Crippen LogP contribution < -0.4 is 10.0 Å². The first-order valence-electron chi connectivity index (χ1n) is 7.78. The summed E-state index contributed by atoms with van der Waals surface area (Å²) in [6.45, 7) is 5.26. The van der Waals surface area contributed by atoms with Gasteiger partial charge < -0.3 is 5.32 Å². The molecule has 0 heterocycles. The Balaban J connectivity index is 2.28. The van der Waals surface area contributed by atoms with Gasteiger partial charge in [-0.15, -0.1) is 0 Å². The van der Waals surface area contributed by atoms with E-state index in [-0.39, 0.29) is 21.5 Å². The molecule has 2 aromatic carbocycles. The third kappa shape index (κ3) is 5.18. The monoisotopic (exact) mass is 411 g/mol. The fraction of sp³-hybridized carbons (Fsp3) is 0.235. The third-order valence-electron chi connectivity index (χ3n) is 3.48. The van der Waals surface area contributed by atoms with Crippen molar-refractivity contribution >= 4 is 44.6 Å². The van der Waals surface area contributed by atoms with Gasteiger partial charge in [-0.2, -0.15) is 0 Å². The van der Waals surface area contributed by atoms with Crippen LogP contribution in [0.15, 0.2) is 47.4 Å². The molecule has 0 aromatic heterocycles. The minimum absolute atomic E-state index is 0.161. The number of hydrogen-bond acceptors (Lipinski definition) is 5. The first-order chi connectivity index (χ1) is 12.4. The second kappa shape index (κ2) is 7.53. The van der Waals surface area contributed by atoms with Gasteiger partial charge in [0.05, 0.1) is 15.5 Å². The molecule has 2 N–H and O–H groups in total. The molecular formula is C17H18ClN3O5S. The molecule has 1 amide bonds. The molecule has 0 aliphatic rings. The number of benzene rings is 2. The Hall–Kier alpha value is -2.65. The fourth-order valence-corrected chi connectivity index (χ4v) is 3.25. The van der Waals surface area contributed by atoms with E-state index in [9.17, 15) is 23.3 Å². The van der Waals surface area contributed by atoms with Crippen molar-refractivity contribution in [1.29, 1.82) is 0 Å². The Morgan fingerprint density at radius 1 is 1.11 bits per heavy atom. The van der Waals surface area contributed by atoms with E-state index in [2.05, 4.69) is 10.0 Å². The van der Waals surface area contributed by atoms with E-state index >= 15 is 0 Å². The van der Waals surface area contributed by atoms with Crippen molar-refractivity contribution in [2.75, 3.05) is 10.0 Å². The molecule has 0 saturated carbocycles. The van der Waals surface area contributed by atoms with E-state index in [1.165, 1.54) is 18.2 Å². The van der Waals surface area contributed by atoms with Crippen LogP contribution in [0.25, 0.3) is 0 Å². The highest BCUT2D eigenvalue weighted by atomic mass is 35.5. The van der Waals surface area contributed by atoms with Crippen molar-refractivity contribution in [2.45, 2.75) is 25.7 Å². The number of halogens is 1. The number of anilines is 2. The second-order valence-electron chi connectivity index (χ2n) is 6.76. The molecule has 0 fully saturated rings. The number of sulfonamides is 1. The second-order valence-corrected chi connectivity index (χ2v) is 8.85. The van der Waals surface area contributed by atoms with E-state index in [4.69, 9.17) is 11.6 Å². The maximum absolute atomic E-state index is 12.5. The zero-order chi connectivity index (χ0) is 20.4. The number of rotatable bonds is 5. The minimum Gasteiger partial charge on any atom is -0.326 e. The van der Waals surface area contributed by atoms with Gasteiger partial charge in [0, 0.05) is 17.2 Å². The molecule has 144 valence electrons.